The number of nitriles is 1. The van der Waals surface area contributed by atoms with E-state index in [9.17, 15) is 8.42 Å². The molecule has 2 heterocycles. The lowest BCUT2D eigenvalue weighted by Gasteiger charge is -2.09. The van der Waals surface area contributed by atoms with Crippen LogP contribution in [0.3, 0.4) is 0 Å². The first-order valence-corrected chi connectivity index (χ1v) is 7.21. The molecule has 106 valence electrons. The highest BCUT2D eigenvalue weighted by atomic mass is 32.2. The number of rotatable bonds is 3. The molecule has 1 N–H and O–H groups in total. The quantitative estimate of drug-likeness (QED) is 0.884. The molecule has 0 aromatic carbocycles. The number of hydrogen-bond donors (Lipinski definition) is 1. The first-order valence-electron chi connectivity index (χ1n) is 5.73. The Morgan fingerprint density at radius 3 is 2.45 bits per heavy atom. The van der Waals surface area contributed by atoms with E-state index in [4.69, 9.17) is 5.26 Å². The van der Waals surface area contributed by atoms with Gasteiger partial charge in [-0.15, -0.1) is 0 Å². The Labute approximate surface area is 116 Å². The van der Waals surface area contributed by atoms with Gasteiger partial charge in [0.1, 0.15) is 16.5 Å². The predicted molar refractivity (Wildman–Crippen MR) is 71.4 cm³/mol. The normalized spacial score (nSPS) is 11.3. The molecule has 0 amide bonds. The zero-order valence-electron chi connectivity index (χ0n) is 11.5. The molecule has 0 aliphatic rings. The van der Waals surface area contributed by atoms with Crippen LogP contribution in [0.2, 0.25) is 0 Å². The van der Waals surface area contributed by atoms with Crippen molar-refractivity contribution in [3.63, 3.8) is 0 Å². The maximum absolute atomic E-state index is 12.5. The number of nitrogens with one attached hydrogen (secondary N) is 1. The largest absolute Gasteiger partial charge is 0.271 e. The van der Waals surface area contributed by atoms with Gasteiger partial charge in [0.15, 0.2) is 5.82 Å². The van der Waals surface area contributed by atoms with Crippen LogP contribution in [-0.4, -0.2) is 28.0 Å². The third-order valence-electron chi connectivity index (χ3n) is 3.00. The van der Waals surface area contributed by atoms with Crippen LogP contribution in [0.1, 0.15) is 17.0 Å². The molecule has 0 bridgehead atoms. The molecule has 0 atom stereocenters. The molecule has 8 nitrogen and oxygen atoms in total. The Morgan fingerprint density at radius 1 is 1.30 bits per heavy atom. The van der Waals surface area contributed by atoms with Crippen LogP contribution in [0.15, 0.2) is 11.1 Å². The Kier molecular flexibility index (Phi) is 3.27. The second kappa shape index (κ2) is 4.64. The number of aromatic nitrogens is 4. The van der Waals surface area contributed by atoms with Gasteiger partial charge in [-0.05, 0) is 13.8 Å². The lowest BCUT2D eigenvalue weighted by atomic mass is 10.4. The fraction of sp³-hybridized carbons (Fsp3) is 0.364. The monoisotopic (exact) mass is 294 g/mol. The summed E-state index contributed by atoms with van der Waals surface area (Å²) in [6, 6.07) is 1.89. The molecular formula is C11H14N6O2S. The van der Waals surface area contributed by atoms with Gasteiger partial charge < -0.3 is 0 Å². The zero-order chi connectivity index (χ0) is 15.1. The molecule has 0 spiro atoms. The lowest BCUT2D eigenvalue weighted by molar-refractivity contribution is 0.598. The van der Waals surface area contributed by atoms with Gasteiger partial charge in [0.2, 0.25) is 0 Å². The Balaban J connectivity index is 2.52. The van der Waals surface area contributed by atoms with Crippen molar-refractivity contribution in [2.24, 2.45) is 14.1 Å². The van der Waals surface area contributed by atoms with Gasteiger partial charge in [-0.2, -0.15) is 15.5 Å². The molecule has 0 saturated carbocycles. The summed E-state index contributed by atoms with van der Waals surface area (Å²) in [7, 11) is -0.594. The fourth-order valence-corrected chi connectivity index (χ4v) is 3.51. The van der Waals surface area contributed by atoms with E-state index in [1.54, 1.807) is 27.9 Å². The van der Waals surface area contributed by atoms with Gasteiger partial charge in [-0.3, -0.25) is 14.1 Å². The molecule has 2 aromatic heterocycles. The van der Waals surface area contributed by atoms with Gasteiger partial charge in [-0.25, -0.2) is 8.42 Å². The lowest BCUT2D eigenvalue weighted by Crippen LogP contribution is -2.17. The number of sulfonamides is 1. The van der Waals surface area contributed by atoms with Crippen molar-refractivity contribution in [2.75, 3.05) is 4.72 Å². The van der Waals surface area contributed by atoms with Crippen molar-refractivity contribution >= 4 is 15.8 Å². The Bertz CT molecular complexity index is 809. The highest BCUT2D eigenvalue weighted by molar-refractivity contribution is 7.92. The summed E-state index contributed by atoms with van der Waals surface area (Å²) >= 11 is 0. The van der Waals surface area contributed by atoms with Crippen LogP contribution in [0, 0.1) is 25.2 Å². The van der Waals surface area contributed by atoms with Crippen LogP contribution in [0.4, 0.5) is 5.82 Å². The summed E-state index contributed by atoms with van der Waals surface area (Å²) in [5, 5.41) is 16.9. The summed E-state index contributed by atoms with van der Waals surface area (Å²) < 4.78 is 30.1. The van der Waals surface area contributed by atoms with E-state index >= 15 is 0 Å². The summed E-state index contributed by atoms with van der Waals surface area (Å²) in [6.45, 7) is 3.29. The van der Waals surface area contributed by atoms with Crippen molar-refractivity contribution in [1.82, 2.24) is 19.6 Å². The molecule has 2 rings (SSSR count). The molecule has 0 unspecified atom stereocenters. The zero-order valence-corrected chi connectivity index (χ0v) is 12.4. The number of anilines is 1. The van der Waals surface area contributed by atoms with Crippen molar-refractivity contribution in [3.8, 4) is 6.07 Å². The Hall–Kier alpha value is -2.34. The maximum atomic E-state index is 12.5. The third-order valence-corrected chi connectivity index (χ3v) is 4.59. The summed E-state index contributed by atoms with van der Waals surface area (Å²) in [5.74, 6) is 0.134. The number of nitrogens with zero attached hydrogens (tertiary/aromatic N) is 5. The van der Waals surface area contributed by atoms with Crippen LogP contribution in [0.5, 0.6) is 0 Å². The van der Waals surface area contributed by atoms with Crippen molar-refractivity contribution in [1.29, 1.82) is 5.26 Å². The van der Waals surface area contributed by atoms with Crippen LogP contribution >= 0.6 is 0 Å². The highest BCUT2D eigenvalue weighted by Crippen LogP contribution is 2.23. The second-order valence-corrected chi connectivity index (χ2v) is 5.99. The average Bonchev–Trinajstić information content (AvgIpc) is 2.81. The summed E-state index contributed by atoms with van der Waals surface area (Å²) in [5.41, 5.74) is 1.09. The van der Waals surface area contributed by atoms with E-state index in [2.05, 4.69) is 14.9 Å². The maximum Gasteiger partial charge on any atom is 0.266 e. The third kappa shape index (κ3) is 2.14. The molecule has 20 heavy (non-hydrogen) atoms. The average molecular weight is 294 g/mol. The highest BCUT2D eigenvalue weighted by Gasteiger charge is 2.26. The van der Waals surface area contributed by atoms with Gasteiger partial charge in [-0.1, -0.05) is 0 Å². The second-order valence-electron chi connectivity index (χ2n) is 4.37. The van der Waals surface area contributed by atoms with Gasteiger partial charge in [0, 0.05) is 14.1 Å². The van der Waals surface area contributed by atoms with E-state index in [0.717, 1.165) is 0 Å². The summed E-state index contributed by atoms with van der Waals surface area (Å²) in [4.78, 5) is 0.116. The Morgan fingerprint density at radius 2 is 1.95 bits per heavy atom. The SMILES string of the molecule is Cc1nn(C)c(C)c1S(=O)(=O)Nc1c(C#N)cnn1C. The smallest absolute Gasteiger partial charge is 0.266 e. The molecule has 9 heteroatoms. The van der Waals surface area contributed by atoms with E-state index in [1.807, 2.05) is 6.07 Å². The standard InChI is InChI=1S/C11H14N6O2S/c1-7-10(8(2)16(3)14-7)20(18,19)15-11-9(5-12)6-13-17(11)4/h6,15H,1-4H3. The first-order chi connectivity index (χ1) is 9.27. The van der Waals surface area contributed by atoms with E-state index in [1.165, 1.54) is 15.6 Å². The molecule has 0 radical (unpaired) electrons. The summed E-state index contributed by atoms with van der Waals surface area (Å²) in [6.07, 6.45) is 1.31. The molecule has 0 aliphatic heterocycles. The number of hydrogen-bond acceptors (Lipinski definition) is 5. The van der Waals surface area contributed by atoms with Crippen LogP contribution in [-0.2, 0) is 24.1 Å². The van der Waals surface area contributed by atoms with E-state index < -0.39 is 10.0 Å². The predicted octanol–water partition coefficient (Wildman–Crippen LogP) is 0.443. The van der Waals surface area contributed by atoms with Crippen molar-refractivity contribution in [2.45, 2.75) is 18.7 Å². The van der Waals surface area contributed by atoms with Gasteiger partial charge in [0.05, 0.1) is 17.6 Å². The van der Waals surface area contributed by atoms with Crippen LogP contribution in [0.25, 0.3) is 0 Å². The van der Waals surface area contributed by atoms with E-state index in [-0.39, 0.29) is 16.3 Å². The fourth-order valence-electron chi connectivity index (χ4n) is 1.96. The first kappa shape index (κ1) is 14.1. The molecule has 0 saturated heterocycles. The minimum Gasteiger partial charge on any atom is -0.271 e. The van der Waals surface area contributed by atoms with Crippen LogP contribution < -0.4 is 4.72 Å². The van der Waals surface area contributed by atoms with Crippen molar-refractivity contribution in [3.05, 3.63) is 23.1 Å². The van der Waals surface area contributed by atoms with Gasteiger partial charge in [0.25, 0.3) is 10.0 Å². The number of aryl methyl sites for hydroxylation is 3. The minimum atomic E-state index is -3.82. The molecule has 2 aromatic rings. The molecule has 0 fully saturated rings. The minimum absolute atomic E-state index is 0.116. The van der Waals surface area contributed by atoms with E-state index in [0.29, 0.717) is 11.4 Å². The molecular weight excluding hydrogens is 280 g/mol. The van der Waals surface area contributed by atoms with Gasteiger partial charge >= 0.3 is 0 Å². The van der Waals surface area contributed by atoms with Crippen molar-refractivity contribution < 1.29 is 8.42 Å². The molecule has 0 aliphatic carbocycles. The topological polar surface area (TPSA) is 106 Å².